The largest absolute Gasteiger partial charge is 0.427 e. The highest BCUT2D eigenvalue weighted by Crippen LogP contribution is 1.87. The fourth-order valence-electron chi connectivity index (χ4n) is 0.493. The van der Waals surface area contributed by atoms with Gasteiger partial charge in [0, 0.05) is 20.8 Å². The molecule has 0 amide bonds. The molecular weight excluding hydrogens is 120 g/mol. The van der Waals surface area contributed by atoms with E-state index in [1.807, 2.05) is 0 Å². The van der Waals surface area contributed by atoms with Crippen molar-refractivity contribution in [1.29, 1.82) is 0 Å². The molecule has 0 fully saturated rings. The van der Waals surface area contributed by atoms with Crippen molar-refractivity contribution in [2.75, 3.05) is 20.8 Å². The molecule has 0 unspecified atom stereocenters. The van der Waals surface area contributed by atoms with E-state index in [2.05, 4.69) is 0 Å². The number of rotatable bonds is 5. The van der Waals surface area contributed by atoms with Gasteiger partial charge in [0.05, 0.1) is 0 Å². The van der Waals surface area contributed by atoms with Gasteiger partial charge >= 0.3 is 0 Å². The Morgan fingerprint density at radius 3 is 2.62 bits per heavy atom. The quantitative estimate of drug-likeness (QED) is 0.394. The molecule has 0 aliphatic rings. The Bertz CT molecular complexity index is 35.4. The average molecular weight is 134 g/mol. The van der Waals surface area contributed by atoms with Crippen molar-refractivity contribution in [1.82, 2.24) is 0 Å². The van der Waals surface area contributed by atoms with Crippen LogP contribution in [0, 0.1) is 0 Å². The lowest BCUT2D eigenvalue weighted by molar-refractivity contribution is 0.198. The van der Waals surface area contributed by atoms with Crippen LogP contribution in [0.3, 0.4) is 0 Å². The van der Waals surface area contributed by atoms with E-state index >= 15 is 0 Å². The molecule has 0 saturated heterocycles. The maximum absolute atomic E-state index is 4.97. The predicted octanol–water partition coefficient (Wildman–Crippen LogP) is 0.171. The molecule has 0 N–H and O–H groups in total. The molecule has 0 aromatic heterocycles. The van der Waals surface area contributed by atoms with E-state index in [9.17, 15) is 0 Å². The van der Waals surface area contributed by atoms with Gasteiger partial charge in [-0.05, 0) is 12.5 Å². The normalized spacial score (nSPS) is 11.2. The summed E-state index contributed by atoms with van der Waals surface area (Å²) in [6.07, 6.45) is 1.16. The Morgan fingerprint density at radius 1 is 1.38 bits per heavy atom. The van der Waals surface area contributed by atoms with Gasteiger partial charge in [-0.15, -0.1) is 0 Å². The van der Waals surface area contributed by atoms with Gasteiger partial charge in [0.15, 0.2) is 9.76 Å². The third-order valence-electron chi connectivity index (χ3n) is 0.947. The maximum Gasteiger partial charge on any atom is 0.161 e. The molecule has 8 heavy (non-hydrogen) atoms. The summed E-state index contributed by atoms with van der Waals surface area (Å²) < 4.78 is 9.83. The van der Waals surface area contributed by atoms with Gasteiger partial charge in [-0.2, -0.15) is 0 Å². The molecular formula is C5H14O2Si. The highest BCUT2D eigenvalue weighted by atomic mass is 28.2. The first-order chi connectivity index (χ1) is 3.91. The van der Waals surface area contributed by atoms with Crippen molar-refractivity contribution < 1.29 is 9.16 Å². The molecule has 0 atom stereocenters. The van der Waals surface area contributed by atoms with Crippen molar-refractivity contribution in [3.8, 4) is 0 Å². The summed E-state index contributed by atoms with van der Waals surface area (Å²) in [5, 5.41) is 0. The van der Waals surface area contributed by atoms with E-state index in [1.54, 1.807) is 14.2 Å². The Kier molecular flexibility index (Phi) is 7.26. The molecule has 2 nitrogen and oxygen atoms in total. The zero-order valence-electron chi connectivity index (χ0n) is 5.64. The summed E-state index contributed by atoms with van der Waals surface area (Å²) in [7, 11) is 3.33. The first-order valence-corrected chi connectivity index (χ1v) is 4.47. The van der Waals surface area contributed by atoms with Gasteiger partial charge in [-0.3, -0.25) is 0 Å². The second-order valence-corrected chi connectivity index (χ2v) is 3.39. The number of hydrogen-bond acceptors (Lipinski definition) is 2. The minimum absolute atomic E-state index is 0.179. The SMILES string of the molecule is COCCC[SiH2]OC. The highest BCUT2D eigenvalue weighted by molar-refractivity contribution is 6.26. The Balaban J connectivity index is 2.53. The van der Waals surface area contributed by atoms with Gasteiger partial charge < -0.3 is 9.16 Å². The number of hydrogen-bond donors (Lipinski definition) is 0. The molecule has 0 spiro atoms. The molecule has 0 heterocycles. The topological polar surface area (TPSA) is 18.5 Å². The molecule has 0 aliphatic heterocycles. The molecule has 0 bridgehead atoms. The second-order valence-electron chi connectivity index (χ2n) is 1.69. The molecule has 3 heteroatoms. The zero-order chi connectivity index (χ0) is 6.24. The van der Waals surface area contributed by atoms with Crippen LogP contribution in [0.4, 0.5) is 0 Å². The van der Waals surface area contributed by atoms with Crippen LogP contribution in [0.2, 0.25) is 6.04 Å². The van der Waals surface area contributed by atoms with Crippen LogP contribution in [0.25, 0.3) is 0 Å². The van der Waals surface area contributed by atoms with Crippen LogP contribution in [0.5, 0.6) is 0 Å². The third kappa shape index (κ3) is 6.14. The first-order valence-electron chi connectivity index (χ1n) is 2.89. The lowest BCUT2D eigenvalue weighted by atomic mass is 10.5. The van der Waals surface area contributed by atoms with E-state index in [0.29, 0.717) is 0 Å². The maximum atomic E-state index is 4.97. The molecule has 0 radical (unpaired) electrons. The Hall–Kier alpha value is 0.137. The highest BCUT2D eigenvalue weighted by Gasteiger charge is 1.84. The average Bonchev–Trinajstić information content (AvgIpc) is 1.81. The van der Waals surface area contributed by atoms with Gasteiger partial charge in [-0.25, -0.2) is 0 Å². The fraction of sp³-hybridized carbons (Fsp3) is 1.00. The Labute approximate surface area is 53.1 Å². The summed E-state index contributed by atoms with van der Waals surface area (Å²) in [6, 6.07) is 1.24. The van der Waals surface area contributed by atoms with Crippen molar-refractivity contribution in [2.24, 2.45) is 0 Å². The van der Waals surface area contributed by atoms with Crippen LogP contribution in [-0.2, 0) is 9.16 Å². The molecule has 0 aliphatic carbocycles. The van der Waals surface area contributed by atoms with E-state index in [4.69, 9.17) is 9.16 Å². The van der Waals surface area contributed by atoms with E-state index in [0.717, 1.165) is 13.0 Å². The van der Waals surface area contributed by atoms with Gasteiger partial charge in [0.1, 0.15) is 0 Å². The van der Waals surface area contributed by atoms with Gasteiger partial charge in [0.25, 0.3) is 0 Å². The van der Waals surface area contributed by atoms with Crippen molar-refractivity contribution >= 4 is 9.76 Å². The van der Waals surface area contributed by atoms with Crippen LogP contribution < -0.4 is 0 Å². The van der Waals surface area contributed by atoms with E-state index in [-0.39, 0.29) is 9.76 Å². The smallest absolute Gasteiger partial charge is 0.161 e. The zero-order valence-corrected chi connectivity index (χ0v) is 7.06. The van der Waals surface area contributed by atoms with E-state index in [1.165, 1.54) is 6.04 Å². The minimum atomic E-state index is -0.179. The standard InChI is InChI=1S/C5H14O2Si/c1-6-4-3-5-8-7-2/h3-5,8H2,1-2H3. The van der Waals surface area contributed by atoms with Crippen molar-refractivity contribution in [3.63, 3.8) is 0 Å². The van der Waals surface area contributed by atoms with Crippen LogP contribution in [0.1, 0.15) is 6.42 Å². The molecule has 0 saturated carbocycles. The first kappa shape index (κ1) is 8.14. The van der Waals surface area contributed by atoms with Crippen molar-refractivity contribution in [2.45, 2.75) is 12.5 Å². The number of ether oxygens (including phenoxy) is 1. The van der Waals surface area contributed by atoms with Crippen LogP contribution in [0.15, 0.2) is 0 Å². The van der Waals surface area contributed by atoms with Gasteiger partial charge in [0.2, 0.25) is 0 Å². The summed E-state index contributed by atoms with van der Waals surface area (Å²) in [6.45, 7) is 0.885. The minimum Gasteiger partial charge on any atom is -0.427 e. The Morgan fingerprint density at radius 2 is 2.12 bits per heavy atom. The molecule has 50 valence electrons. The molecule has 0 rings (SSSR count). The van der Waals surface area contributed by atoms with Crippen LogP contribution >= 0.6 is 0 Å². The predicted molar refractivity (Wildman–Crippen MR) is 36.9 cm³/mol. The molecule has 0 aromatic carbocycles. The monoisotopic (exact) mass is 134 g/mol. The summed E-state index contributed by atoms with van der Waals surface area (Å²) in [5.74, 6) is 0. The summed E-state index contributed by atoms with van der Waals surface area (Å²) in [4.78, 5) is 0. The lowest BCUT2D eigenvalue weighted by Gasteiger charge is -1.95. The lowest BCUT2D eigenvalue weighted by Crippen LogP contribution is -1.95. The van der Waals surface area contributed by atoms with Crippen LogP contribution in [-0.4, -0.2) is 30.6 Å². The second kappa shape index (κ2) is 7.14. The van der Waals surface area contributed by atoms with Crippen molar-refractivity contribution in [3.05, 3.63) is 0 Å². The third-order valence-corrected chi connectivity index (χ3v) is 2.14. The summed E-state index contributed by atoms with van der Waals surface area (Å²) in [5.41, 5.74) is 0. The fourth-order valence-corrected chi connectivity index (χ4v) is 1.19. The van der Waals surface area contributed by atoms with E-state index < -0.39 is 0 Å². The summed E-state index contributed by atoms with van der Waals surface area (Å²) >= 11 is 0. The van der Waals surface area contributed by atoms with Gasteiger partial charge in [-0.1, -0.05) is 0 Å². The molecule has 0 aromatic rings. The number of methoxy groups -OCH3 is 1.